The lowest BCUT2D eigenvalue weighted by Crippen LogP contribution is -2.41. The minimum absolute atomic E-state index is 0.104. The van der Waals surface area contributed by atoms with Crippen molar-refractivity contribution >= 4 is 27.3 Å². The molecule has 1 atom stereocenters. The minimum Gasteiger partial charge on any atom is -0.392 e. The van der Waals surface area contributed by atoms with Gasteiger partial charge in [-0.05, 0) is 62.3 Å². The summed E-state index contributed by atoms with van der Waals surface area (Å²) in [6.07, 6.45) is 4.82. The molecule has 1 unspecified atom stereocenters. The number of sulfonamides is 1. The fraction of sp³-hybridized carbons (Fsp3) is 0.667. The van der Waals surface area contributed by atoms with Crippen LogP contribution in [0.2, 0.25) is 0 Å². The molecule has 1 aromatic rings. The van der Waals surface area contributed by atoms with Crippen LogP contribution in [0.25, 0.3) is 0 Å². The highest BCUT2D eigenvalue weighted by molar-refractivity contribution is 7.93. The van der Waals surface area contributed by atoms with Crippen molar-refractivity contribution in [3.8, 4) is 0 Å². The molecule has 3 N–H and O–H groups in total. The van der Waals surface area contributed by atoms with Gasteiger partial charge in [0.15, 0.2) is 0 Å². The van der Waals surface area contributed by atoms with Crippen LogP contribution in [0.1, 0.15) is 46.0 Å². The van der Waals surface area contributed by atoms with Gasteiger partial charge in [-0.25, -0.2) is 8.42 Å². The number of benzene rings is 1. The maximum atomic E-state index is 12.3. The number of aliphatic hydroxyl groups excluding tert-OH is 1. The summed E-state index contributed by atoms with van der Waals surface area (Å²) >= 11 is 0. The van der Waals surface area contributed by atoms with Gasteiger partial charge in [0, 0.05) is 36.4 Å². The molecule has 162 valence electrons. The molecule has 1 aliphatic carbocycles. The summed E-state index contributed by atoms with van der Waals surface area (Å²) in [6.45, 7) is 6.25. The lowest BCUT2D eigenvalue weighted by Gasteiger charge is -2.28. The number of nitrogens with one attached hydrogen (secondary N) is 2. The second-order valence-electron chi connectivity index (χ2n) is 8.78. The summed E-state index contributed by atoms with van der Waals surface area (Å²) in [4.78, 5) is 14.5. The number of rotatable bonds is 9. The number of carbonyl (C=O) groups excluding carboxylic acids is 1. The average Bonchev–Trinajstić information content (AvgIpc) is 3.47. The van der Waals surface area contributed by atoms with E-state index in [0.717, 1.165) is 31.6 Å². The van der Waals surface area contributed by atoms with Crippen LogP contribution in [0.5, 0.6) is 0 Å². The molecule has 0 aromatic heterocycles. The molecule has 0 radical (unpaired) electrons. The third-order valence-corrected chi connectivity index (χ3v) is 7.16. The smallest absolute Gasteiger partial charge is 0.241 e. The SMILES string of the molecule is CC(C)C(O)C1(CNC(=O)CS(=O)(=O)Nc2ccc(N3CCCCC3)cc2)CC1. The first kappa shape index (κ1) is 21.9. The highest BCUT2D eigenvalue weighted by Gasteiger charge is 2.49. The van der Waals surface area contributed by atoms with Crippen LogP contribution in [-0.4, -0.2) is 50.9 Å². The number of piperidine rings is 1. The van der Waals surface area contributed by atoms with E-state index in [1.807, 2.05) is 26.0 Å². The Kier molecular flexibility index (Phi) is 6.73. The van der Waals surface area contributed by atoms with Crippen LogP contribution in [0.15, 0.2) is 24.3 Å². The standard InChI is InChI=1S/C21H33N3O4S/c1-16(2)20(26)21(10-11-21)15-22-19(25)14-29(27,28)23-17-6-8-18(9-7-17)24-12-4-3-5-13-24/h6-9,16,20,23,26H,3-5,10-15H2,1-2H3,(H,22,25). The van der Waals surface area contributed by atoms with Crippen LogP contribution in [0.3, 0.4) is 0 Å². The van der Waals surface area contributed by atoms with E-state index in [1.165, 1.54) is 19.3 Å². The van der Waals surface area contributed by atoms with Crippen LogP contribution >= 0.6 is 0 Å². The Labute approximate surface area is 173 Å². The predicted octanol–water partition coefficient (Wildman–Crippen LogP) is 2.33. The van der Waals surface area contributed by atoms with Gasteiger partial charge in [0.25, 0.3) is 0 Å². The van der Waals surface area contributed by atoms with E-state index in [-0.39, 0.29) is 11.3 Å². The summed E-state index contributed by atoms with van der Waals surface area (Å²) in [5, 5.41) is 13.0. The molecule has 2 aliphatic rings. The van der Waals surface area contributed by atoms with E-state index < -0.39 is 27.8 Å². The monoisotopic (exact) mass is 423 g/mol. The largest absolute Gasteiger partial charge is 0.392 e. The van der Waals surface area contributed by atoms with Gasteiger partial charge in [0.1, 0.15) is 5.75 Å². The molecule has 0 spiro atoms. The van der Waals surface area contributed by atoms with Crippen molar-refractivity contribution in [2.75, 3.05) is 35.0 Å². The quantitative estimate of drug-likeness (QED) is 0.566. The second-order valence-corrected chi connectivity index (χ2v) is 10.5. The normalized spacial score (nSPS) is 19.7. The molecule has 7 nitrogen and oxygen atoms in total. The van der Waals surface area contributed by atoms with Gasteiger partial charge in [0.05, 0.1) is 6.10 Å². The van der Waals surface area contributed by atoms with Crippen molar-refractivity contribution in [3.05, 3.63) is 24.3 Å². The van der Waals surface area contributed by atoms with Crippen molar-refractivity contribution in [2.45, 2.75) is 52.1 Å². The zero-order valence-corrected chi connectivity index (χ0v) is 18.2. The predicted molar refractivity (Wildman–Crippen MR) is 115 cm³/mol. The first-order valence-electron chi connectivity index (χ1n) is 10.5. The van der Waals surface area contributed by atoms with E-state index >= 15 is 0 Å². The van der Waals surface area contributed by atoms with Crippen LogP contribution < -0.4 is 14.9 Å². The minimum atomic E-state index is -3.79. The summed E-state index contributed by atoms with van der Waals surface area (Å²) in [5.41, 5.74) is 1.24. The Hall–Kier alpha value is -1.80. The average molecular weight is 424 g/mol. The fourth-order valence-electron chi connectivity index (χ4n) is 4.05. The zero-order chi connectivity index (χ0) is 21.1. The Bertz CT molecular complexity index is 798. The molecule has 3 rings (SSSR count). The molecule has 1 heterocycles. The van der Waals surface area contributed by atoms with E-state index in [9.17, 15) is 18.3 Å². The summed E-state index contributed by atoms with van der Waals surface area (Å²) in [5.74, 6) is -1.08. The van der Waals surface area contributed by atoms with Crippen molar-refractivity contribution in [1.29, 1.82) is 0 Å². The van der Waals surface area contributed by atoms with E-state index in [2.05, 4.69) is 14.9 Å². The Morgan fingerprint density at radius 3 is 2.31 bits per heavy atom. The van der Waals surface area contributed by atoms with E-state index in [1.54, 1.807) is 12.1 Å². The van der Waals surface area contributed by atoms with Gasteiger partial charge < -0.3 is 15.3 Å². The van der Waals surface area contributed by atoms with E-state index in [4.69, 9.17) is 0 Å². The highest BCUT2D eigenvalue weighted by Crippen LogP contribution is 2.50. The topological polar surface area (TPSA) is 98.7 Å². The number of nitrogens with zero attached hydrogens (tertiary/aromatic N) is 1. The van der Waals surface area contributed by atoms with Crippen molar-refractivity contribution in [3.63, 3.8) is 0 Å². The Morgan fingerprint density at radius 2 is 1.76 bits per heavy atom. The third kappa shape index (κ3) is 5.85. The van der Waals surface area contributed by atoms with Gasteiger partial charge in [-0.3, -0.25) is 9.52 Å². The molecule has 8 heteroatoms. The molecule has 1 aromatic carbocycles. The molecule has 1 saturated heterocycles. The fourth-order valence-corrected chi connectivity index (χ4v) is 5.07. The third-order valence-electron chi connectivity index (χ3n) is 5.97. The maximum absolute atomic E-state index is 12.3. The number of carbonyl (C=O) groups is 1. The van der Waals surface area contributed by atoms with Crippen LogP contribution in [0, 0.1) is 11.3 Å². The van der Waals surface area contributed by atoms with Crippen LogP contribution in [-0.2, 0) is 14.8 Å². The second kappa shape index (κ2) is 8.92. The number of anilines is 2. The number of hydrogen-bond donors (Lipinski definition) is 3. The molecule has 1 aliphatic heterocycles. The van der Waals surface area contributed by atoms with Crippen molar-refractivity contribution < 1.29 is 18.3 Å². The molecular formula is C21H33N3O4S. The maximum Gasteiger partial charge on any atom is 0.241 e. The van der Waals surface area contributed by atoms with Crippen LogP contribution in [0.4, 0.5) is 11.4 Å². The van der Waals surface area contributed by atoms with Crippen molar-refractivity contribution in [1.82, 2.24) is 5.32 Å². The number of aliphatic hydroxyl groups is 1. The number of amides is 1. The zero-order valence-electron chi connectivity index (χ0n) is 17.4. The summed E-state index contributed by atoms with van der Waals surface area (Å²) in [7, 11) is -3.79. The molecular weight excluding hydrogens is 390 g/mol. The summed E-state index contributed by atoms with van der Waals surface area (Å²) in [6, 6.07) is 7.29. The lowest BCUT2D eigenvalue weighted by atomic mass is 9.90. The van der Waals surface area contributed by atoms with Gasteiger partial charge in [-0.15, -0.1) is 0 Å². The summed E-state index contributed by atoms with van der Waals surface area (Å²) < 4.78 is 27.2. The van der Waals surface area contributed by atoms with E-state index in [0.29, 0.717) is 12.2 Å². The first-order valence-corrected chi connectivity index (χ1v) is 12.2. The number of hydrogen-bond acceptors (Lipinski definition) is 5. The lowest BCUT2D eigenvalue weighted by molar-refractivity contribution is -0.119. The Balaban J connectivity index is 1.50. The molecule has 1 saturated carbocycles. The van der Waals surface area contributed by atoms with Gasteiger partial charge in [-0.2, -0.15) is 0 Å². The van der Waals surface area contributed by atoms with Crippen molar-refractivity contribution in [2.24, 2.45) is 11.3 Å². The van der Waals surface area contributed by atoms with Gasteiger partial charge in [0.2, 0.25) is 15.9 Å². The molecule has 2 fully saturated rings. The van der Waals surface area contributed by atoms with Gasteiger partial charge in [-0.1, -0.05) is 13.8 Å². The Morgan fingerprint density at radius 1 is 1.14 bits per heavy atom. The van der Waals surface area contributed by atoms with Gasteiger partial charge >= 0.3 is 0 Å². The molecule has 1 amide bonds. The highest BCUT2D eigenvalue weighted by atomic mass is 32.2. The molecule has 0 bridgehead atoms. The first-order chi connectivity index (χ1) is 13.7. The molecule has 29 heavy (non-hydrogen) atoms.